The number of aliphatic hydroxyl groups excluding tert-OH is 3. The highest BCUT2D eigenvalue weighted by molar-refractivity contribution is 7.81. The summed E-state index contributed by atoms with van der Waals surface area (Å²) in [6, 6.07) is 7.09. The van der Waals surface area contributed by atoms with Crippen LogP contribution in [0.2, 0.25) is 0 Å². The summed E-state index contributed by atoms with van der Waals surface area (Å²) in [4.78, 5) is 24.2. The Labute approximate surface area is 201 Å². The maximum atomic E-state index is 13.0. The van der Waals surface area contributed by atoms with E-state index in [0.717, 1.165) is 18.4 Å². The molecule has 5 atom stereocenters. The Bertz CT molecular complexity index is 1460. The number of fused-ring (bicyclic) bond motifs is 1. The summed E-state index contributed by atoms with van der Waals surface area (Å²) in [5.41, 5.74) is -0.593. The van der Waals surface area contributed by atoms with Crippen LogP contribution < -0.4 is 14.3 Å². The van der Waals surface area contributed by atoms with Gasteiger partial charge in [0.05, 0.1) is 5.56 Å². The zero-order valence-corrected chi connectivity index (χ0v) is 18.6. The molecule has 6 N–H and O–H groups in total. The molecule has 2 heterocycles. The van der Waals surface area contributed by atoms with Gasteiger partial charge in [0.25, 0.3) is 0 Å². The van der Waals surface area contributed by atoms with Crippen LogP contribution in [0.3, 0.4) is 0 Å². The summed E-state index contributed by atoms with van der Waals surface area (Å²) < 4.78 is 50.4. The summed E-state index contributed by atoms with van der Waals surface area (Å²) in [5.74, 6) is -2.66. The van der Waals surface area contributed by atoms with Gasteiger partial charge in [-0.15, -0.1) is 0 Å². The number of phenolic OH excluding ortho intramolecular Hbond substituents is 1. The minimum atomic E-state index is -4.73. The maximum Gasteiger partial charge on any atom is 0.446 e. The number of rotatable bonds is 6. The molecule has 36 heavy (non-hydrogen) atoms. The van der Waals surface area contributed by atoms with Gasteiger partial charge >= 0.3 is 16.4 Å². The van der Waals surface area contributed by atoms with Gasteiger partial charge in [-0.3, -0.25) is 9.35 Å². The van der Waals surface area contributed by atoms with Crippen molar-refractivity contribution in [3.8, 4) is 28.4 Å². The number of carboxylic acids is 1. The van der Waals surface area contributed by atoms with E-state index in [0.29, 0.717) is 0 Å². The zero-order chi connectivity index (χ0) is 26.4. The second-order valence-electron chi connectivity index (χ2n) is 7.68. The van der Waals surface area contributed by atoms with Crippen LogP contribution in [0.15, 0.2) is 51.9 Å². The molecule has 4 rings (SSSR count). The van der Waals surface area contributed by atoms with Gasteiger partial charge in [-0.25, -0.2) is 4.79 Å². The van der Waals surface area contributed by atoms with Crippen LogP contribution in [-0.2, 0) is 19.9 Å². The third kappa shape index (κ3) is 4.97. The Balaban J connectivity index is 1.64. The van der Waals surface area contributed by atoms with Crippen molar-refractivity contribution in [2.75, 3.05) is 0 Å². The summed E-state index contributed by atoms with van der Waals surface area (Å²) in [6.45, 7) is 0. The molecule has 2 aromatic carbocycles. The molecule has 1 saturated heterocycles. The van der Waals surface area contributed by atoms with Crippen LogP contribution in [0.5, 0.6) is 17.2 Å². The number of carboxylic acid groups (broad SMARTS) is 1. The SMILES string of the molecule is O=C(O)C1OC(Oc2cc(O)c3c(=O)c(-c4ccc(OS(=O)(=O)O)cc4)coc3c2)C(O)C(O)C1O. The van der Waals surface area contributed by atoms with Gasteiger partial charge in [-0.1, -0.05) is 12.1 Å². The predicted molar refractivity (Wildman–Crippen MR) is 117 cm³/mol. The Morgan fingerprint density at radius 3 is 2.25 bits per heavy atom. The van der Waals surface area contributed by atoms with E-state index in [1.54, 1.807) is 0 Å². The number of phenols is 1. The first-order valence-corrected chi connectivity index (χ1v) is 11.4. The van der Waals surface area contributed by atoms with Crippen molar-refractivity contribution in [1.29, 1.82) is 0 Å². The minimum absolute atomic E-state index is 0.0164. The van der Waals surface area contributed by atoms with E-state index in [1.807, 2.05) is 0 Å². The number of aromatic hydroxyl groups is 1. The van der Waals surface area contributed by atoms with E-state index in [9.17, 15) is 38.4 Å². The van der Waals surface area contributed by atoms with Crippen LogP contribution in [0.1, 0.15) is 0 Å². The van der Waals surface area contributed by atoms with Gasteiger partial charge in [0.2, 0.25) is 11.7 Å². The van der Waals surface area contributed by atoms with Gasteiger partial charge in [0.15, 0.2) is 6.10 Å². The van der Waals surface area contributed by atoms with E-state index in [-0.39, 0.29) is 33.6 Å². The number of hydrogen-bond acceptors (Lipinski definition) is 12. The lowest BCUT2D eigenvalue weighted by atomic mass is 9.99. The molecule has 5 unspecified atom stereocenters. The first-order valence-electron chi connectivity index (χ1n) is 10.0. The quantitative estimate of drug-likeness (QED) is 0.225. The highest BCUT2D eigenvalue weighted by atomic mass is 32.3. The molecule has 192 valence electrons. The predicted octanol–water partition coefficient (Wildman–Crippen LogP) is -0.382. The highest BCUT2D eigenvalue weighted by Gasteiger charge is 2.48. The second-order valence-corrected chi connectivity index (χ2v) is 8.70. The Kier molecular flexibility index (Phi) is 6.61. The van der Waals surface area contributed by atoms with Crippen molar-refractivity contribution >= 4 is 27.3 Å². The van der Waals surface area contributed by atoms with E-state index in [4.69, 9.17) is 23.6 Å². The fraction of sp³-hybridized carbons (Fsp3) is 0.238. The van der Waals surface area contributed by atoms with Gasteiger partial charge in [0.1, 0.15) is 52.8 Å². The van der Waals surface area contributed by atoms with Crippen LogP contribution >= 0.6 is 0 Å². The number of aliphatic hydroxyl groups is 3. The molecule has 0 spiro atoms. The third-order valence-electron chi connectivity index (χ3n) is 5.26. The Hall–Kier alpha value is -3.73. The summed E-state index contributed by atoms with van der Waals surface area (Å²) >= 11 is 0. The van der Waals surface area contributed by atoms with Crippen molar-refractivity contribution in [2.24, 2.45) is 0 Å². The first kappa shape index (κ1) is 25.4. The topological polar surface area (TPSA) is 230 Å². The third-order valence-corrected chi connectivity index (χ3v) is 5.67. The van der Waals surface area contributed by atoms with Gasteiger partial charge in [0, 0.05) is 12.1 Å². The molecule has 0 bridgehead atoms. The molecular weight excluding hydrogens is 508 g/mol. The van der Waals surface area contributed by atoms with Crippen LogP contribution in [-0.4, -0.2) is 75.2 Å². The average Bonchev–Trinajstić information content (AvgIpc) is 2.79. The smallest absolute Gasteiger partial charge is 0.446 e. The van der Waals surface area contributed by atoms with Gasteiger partial charge in [-0.05, 0) is 17.7 Å². The molecule has 1 fully saturated rings. The van der Waals surface area contributed by atoms with Crippen molar-refractivity contribution in [2.45, 2.75) is 30.7 Å². The second kappa shape index (κ2) is 9.38. The molecule has 1 aliphatic rings. The van der Waals surface area contributed by atoms with E-state index >= 15 is 0 Å². The van der Waals surface area contributed by atoms with Crippen LogP contribution in [0.4, 0.5) is 0 Å². The molecular formula is C21H18O14S. The minimum Gasteiger partial charge on any atom is -0.507 e. The highest BCUT2D eigenvalue weighted by Crippen LogP contribution is 2.33. The normalized spacial score (nSPS) is 24.4. The van der Waals surface area contributed by atoms with Crippen molar-refractivity contribution in [3.63, 3.8) is 0 Å². The van der Waals surface area contributed by atoms with Crippen molar-refractivity contribution < 1.29 is 61.4 Å². The summed E-state index contributed by atoms with van der Waals surface area (Å²) in [7, 11) is -4.73. The first-order chi connectivity index (χ1) is 16.9. The van der Waals surface area contributed by atoms with Crippen molar-refractivity contribution in [1.82, 2.24) is 0 Å². The Morgan fingerprint density at radius 1 is 0.972 bits per heavy atom. The van der Waals surface area contributed by atoms with Crippen molar-refractivity contribution in [3.05, 3.63) is 52.9 Å². The molecule has 15 heteroatoms. The van der Waals surface area contributed by atoms with Gasteiger partial charge in [-0.2, -0.15) is 8.42 Å². The number of ether oxygens (including phenoxy) is 2. The number of carbonyl (C=O) groups is 1. The molecule has 0 saturated carbocycles. The molecule has 1 aliphatic heterocycles. The monoisotopic (exact) mass is 526 g/mol. The molecule has 0 aliphatic carbocycles. The van der Waals surface area contributed by atoms with E-state index in [2.05, 4.69) is 4.18 Å². The lowest BCUT2D eigenvalue weighted by Crippen LogP contribution is -2.61. The molecule has 3 aromatic rings. The standard InChI is InChI=1S/C21H18O14S/c22-12-5-10(33-21-18(26)16(24)17(25)19(34-21)20(27)28)6-13-14(12)15(23)11(7-32-13)8-1-3-9(4-2-8)35-36(29,30)31/h1-7,16-19,21-22,24-26H,(H,27,28)(H,29,30,31). The largest absolute Gasteiger partial charge is 0.507 e. The fourth-order valence-corrected chi connectivity index (χ4v) is 3.92. The lowest BCUT2D eigenvalue weighted by Gasteiger charge is -2.38. The van der Waals surface area contributed by atoms with E-state index in [1.165, 1.54) is 24.3 Å². The van der Waals surface area contributed by atoms with Crippen LogP contribution in [0, 0.1) is 0 Å². The van der Waals surface area contributed by atoms with E-state index < -0.39 is 58.3 Å². The number of aliphatic carboxylic acids is 1. The number of hydrogen-bond donors (Lipinski definition) is 6. The summed E-state index contributed by atoms with van der Waals surface area (Å²) in [5, 5.41) is 49.1. The maximum absolute atomic E-state index is 13.0. The molecule has 14 nitrogen and oxygen atoms in total. The molecule has 0 amide bonds. The summed E-state index contributed by atoms with van der Waals surface area (Å²) in [6.07, 6.45) is -8.29. The lowest BCUT2D eigenvalue weighted by molar-refractivity contribution is -0.271. The molecule has 0 radical (unpaired) electrons. The van der Waals surface area contributed by atoms with Crippen LogP contribution in [0.25, 0.3) is 22.1 Å². The fourth-order valence-electron chi connectivity index (χ4n) is 3.57. The number of benzene rings is 2. The van der Waals surface area contributed by atoms with Gasteiger partial charge < -0.3 is 43.6 Å². The Morgan fingerprint density at radius 2 is 1.64 bits per heavy atom. The zero-order valence-electron chi connectivity index (χ0n) is 17.8. The average molecular weight is 526 g/mol. The molecule has 1 aromatic heterocycles.